The molecule has 178 valence electrons. The van der Waals surface area contributed by atoms with E-state index in [1.54, 1.807) is 6.20 Å². The number of aliphatic hydroxyl groups is 1. The van der Waals surface area contributed by atoms with Gasteiger partial charge in [-0.15, -0.1) is 0 Å². The summed E-state index contributed by atoms with van der Waals surface area (Å²) in [5.41, 5.74) is 4.00. The molecule has 1 aromatic heterocycles. The van der Waals surface area contributed by atoms with Gasteiger partial charge in [0.1, 0.15) is 0 Å². The van der Waals surface area contributed by atoms with E-state index < -0.39 is 5.60 Å². The van der Waals surface area contributed by atoms with Crippen LogP contribution in [0.2, 0.25) is 0 Å². The lowest BCUT2D eigenvalue weighted by Gasteiger charge is -2.38. The molecule has 1 aliphatic rings. The Bertz CT molecular complexity index is 1330. The second-order valence-corrected chi connectivity index (χ2v) is 10.1. The number of nitrogens with zero attached hydrogens (tertiary/aromatic N) is 2. The Hall–Kier alpha value is -3.35. The first-order valence-corrected chi connectivity index (χ1v) is 12.8. The molecule has 0 spiro atoms. The smallest absolute Gasteiger partial charge is 0.253 e. The Morgan fingerprint density at radius 3 is 2.57 bits per heavy atom. The summed E-state index contributed by atoms with van der Waals surface area (Å²) in [5, 5.41) is 12.1. The third kappa shape index (κ3) is 5.34. The van der Waals surface area contributed by atoms with Crippen molar-refractivity contribution in [2.24, 2.45) is 0 Å². The van der Waals surface area contributed by atoms with Crippen molar-refractivity contribution in [1.29, 1.82) is 0 Å². The van der Waals surface area contributed by atoms with Gasteiger partial charge in [-0.3, -0.25) is 9.78 Å². The zero-order valence-electron chi connectivity index (χ0n) is 19.8. The van der Waals surface area contributed by atoms with Crippen molar-refractivity contribution in [2.75, 3.05) is 17.8 Å². The fraction of sp³-hybridized carbons (Fsp3) is 0.241. The summed E-state index contributed by atoms with van der Waals surface area (Å²) in [7, 11) is 0. The number of aryl methyl sites for hydroxylation is 1. The minimum Gasteiger partial charge on any atom is -0.389 e. The van der Waals surface area contributed by atoms with Crippen LogP contribution in [0.15, 0.2) is 90.0 Å². The predicted octanol–water partition coefficient (Wildman–Crippen LogP) is 5.87. The maximum Gasteiger partial charge on any atom is 0.253 e. The third-order valence-corrected chi connectivity index (χ3v) is 7.57. The van der Waals surface area contributed by atoms with Crippen LogP contribution >= 0.6 is 11.9 Å². The van der Waals surface area contributed by atoms with Crippen molar-refractivity contribution < 1.29 is 9.90 Å². The van der Waals surface area contributed by atoms with Crippen LogP contribution in [0.3, 0.4) is 0 Å². The molecule has 4 aromatic rings. The number of para-hydroxylation sites is 1. The van der Waals surface area contributed by atoms with Gasteiger partial charge in [0.05, 0.1) is 16.0 Å². The van der Waals surface area contributed by atoms with Gasteiger partial charge >= 0.3 is 0 Å². The number of pyridine rings is 1. The number of fused-ring (bicyclic) bond motifs is 1. The Morgan fingerprint density at radius 1 is 1.03 bits per heavy atom. The number of likely N-dealkylation sites (tertiary alicyclic amines) is 1. The molecule has 2 heterocycles. The highest BCUT2D eigenvalue weighted by atomic mass is 32.2. The maximum absolute atomic E-state index is 13.2. The van der Waals surface area contributed by atoms with Gasteiger partial charge in [0.25, 0.3) is 5.91 Å². The molecule has 1 aliphatic heterocycles. The van der Waals surface area contributed by atoms with Crippen LogP contribution in [0.25, 0.3) is 10.9 Å². The highest BCUT2D eigenvalue weighted by Crippen LogP contribution is 2.30. The second kappa shape index (κ2) is 10.1. The third-order valence-electron chi connectivity index (χ3n) is 6.70. The molecule has 3 aromatic carbocycles. The quantitative estimate of drug-likeness (QED) is 0.336. The number of hydrogen-bond acceptors (Lipinski definition) is 5. The van der Waals surface area contributed by atoms with E-state index in [0.717, 1.165) is 32.6 Å². The van der Waals surface area contributed by atoms with Crippen LogP contribution in [0, 0.1) is 6.92 Å². The van der Waals surface area contributed by atoms with E-state index in [2.05, 4.69) is 27.9 Å². The van der Waals surface area contributed by atoms with Crippen molar-refractivity contribution in [3.63, 3.8) is 0 Å². The Morgan fingerprint density at radius 2 is 1.80 bits per heavy atom. The van der Waals surface area contributed by atoms with Gasteiger partial charge in [-0.25, -0.2) is 0 Å². The van der Waals surface area contributed by atoms with Gasteiger partial charge in [-0.1, -0.05) is 48.5 Å². The summed E-state index contributed by atoms with van der Waals surface area (Å²) in [6, 6.07) is 26.0. The van der Waals surface area contributed by atoms with Crippen molar-refractivity contribution in [2.45, 2.75) is 36.7 Å². The van der Waals surface area contributed by atoms with Crippen LogP contribution in [0.4, 0.5) is 5.69 Å². The lowest BCUT2D eigenvalue weighted by atomic mass is 9.85. The minimum absolute atomic E-state index is 0.0207. The second-order valence-electron chi connectivity index (χ2n) is 9.24. The van der Waals surface area contributed by atoms with Crippen molar-refractivity contribution in [3.05, 3.63) is 102 Å². The van der Waals surface area contributed by atoms with Crippen LogP contribution in [-0.4, -0.2) is 39.6 Å². The molecule has 0 saturated carbocycles. The summed E-state index contributed by atoms with van der Waals surface area (Å²) < 4.78 is 3.42. The first-order chi connectivity index (χ1) is 17.0. The molecule has 0 atom stereocenters. The van der Waals surface area contributed by atoms with E-state index in [1.807, 2.05) is 72.5 Å². The van der Waals surface area contributed by atoms with Crippen LogP contribution in [0.1, 0.15) is 34.3 Å². The van der Waals surface area contributed by atoms with Gasteiger partial charge in [-0.2, -0.15) is 0 Å². The minimum atomic E-state index is -0.754. The van der Waals surface area contributed by atoms with Gasteiger partial charge in [0.15, 0.2) is 0 Å². The molecule has 0 unspecified atom stereocenters. The van der Waals surface area contributed by atoms with E-state index >= 15 is 0 Å². The van der Waals surface area contributed by atoms with E-state index in [1.165, 1.54) is 11.9 Å². The number of rotatable bonds is 6. The van der Waals surface area contributed by atoms with Crippen LogP contribution in [-0.2, 0) is 6.42 Å². The molecule has 6 heteroatoms. The monoisotopic (exact) mass is 483 g/mol. The molecule has 1 amide bonds. The maximum atomic E-state index is 13.2. The number of carbonyl (C=O) groups excluding carboxylic acids is 1. The topological polar surface area (TPSA) is 65.5 Å². The summed E-state index contributed by atoms with van der Waals surface area (Å²) in [6.45, 7) is 3.13. The molecular formula is C29H29N3O2S. The molecule has 35 heavy (non-hydrogen) atoms. The van der Waals surface area contributed by atoms with Gasteiger partial charge in [-0.05, 0) is 73.2 Å². The number of nitrogens with one attached hydrogen (secondary N) is 1. The van der Waals surface area contributed by atoms with Gasteiger partial charge in [0.2, 0.25) is 0 Å². The number of aromatic nitrogens is 1. The number of carbonyl (C=O) groups is 1. The zero-order chi connectivity index (χ0) is 24.3. The van der Waals surface area contributed by atoms with Crippen LogP contribution < -0.4 is 4.72 Å². The number of piperidine rings is 1. The fourth-order valence-electron chi connectivity index (χ4n) is 4.64. The fourth-order valence-corrected chi connectivity index (χ4v) is 5.50. The van der Waals surface area contributed by atoms with E-state index in [0.29, 0.717) is 37.9 Å². The van der Waals surface area contributed by atoms with E-state index in [9.17, 15) is 9.90 Å². The molecule has 1 fully saturated rings. The Balaban J connectivity index is 1.21. The number of amides is 1. The predicted molar refractivity (Wildman–Crippen MR) is 143 cm³/mol. The molecule has 5 nitrogen and oxygen atoms in total. The highest BCUT2D eigenvalue weighted by molar-refractivity contribution is 8.00. The lowest BCUT2D eigenvalue weighted by Crippen LogP contribution is -2.47. The number of hydrogen-bond donors (Lipinski definition) is 2. The summed E-state index contributed by atoms with van der Waals surface area (Å²) >= 11 is 1.52. The zero-order valence-corrected chi connectivity index (χ0v) is 20.6. The first kappa shape index (κ1) is 23.4. The standard InChI is InChI=1S/C29H29N3O2S/c1-21-19-24(12-13-25(21)31-35-26-11-5-9-23-10-6-16-30-27(23)26)28(33)32-17-14-29(34,15-18-32)20-22-7-3-2-4-8-22/h2-13,16,19,31,34H,14-15,17-18,20H2,1H3. The van der Waals surface area contributed by atoms with E-state index in [4.69, 9.17) is 0 Å². The molecule has 0 bridgehead atoms. The molecular weight excluding hydrogens is 454 g/mol. The SMILES string of the molecule is Cc1cc(C(=O)N2CCC(O)(Cc3ccccc3)CC2)ccc1NSc1cccc2cccnc12. The lowest BCUT2D eigenvalue weighted by molar-refractivity contribution is -0.0162. The summed E-state index contributed by atoms with van der Waals surface area (Å²) in [5.74, 6) is 0.0207. The summed E-state index contributed by atoms with van der Waals surface area (Å²) in [4.78, 5) is 20.6. The average molecular weight is 484 g/mol. The Labute approximate surface area is 210 Å². The number of benzene rings is 3. The molecule has 0 radical (unpaired) electrons. The van der Waals surface area contributed by atoms with Crippen LogP contribution in [0.5, 0.6) is 0 Å². The van der Waals surface area contributed by atoms with E-state index in [-0.39, 0.29) is 5.91 Å². The van der Waals surface area contributed by atoms with Gasteiger partial charge in [0, 0.05) is 42.3 Å². The highest BCUT2D eigenvalue weighted by Gasteiger charge is 2.34. The number of anilines is 1. The normalized spacial score (nSPS) is 15.2. The molecule has 5 rings (SSSR count). The summed E-state index contributed by atoms with van der Waals surface area (Å²) in [6.07, 6.45) is 3.60. The largest absolute Gasteiger partial charge is 0.389 e. The van der Waals surface area contributed by atoms with Gasteiger partial charge < -0.3 is 14.7 Å². The molecule has 1 saturated heterocycles. The van der Waals surface area contributed by atoms with Crippen molar-refractivity contribution in [3.8, 4) is 0 Å². The van der Waals surface area contributed by atoms with Crippen molar-refractivity contribution >= 4 is 34.4 Å². The first-order valence-electron chi connectivity index (χ1n) is 11.9. The average Bonchev–Trinajstić information content (AvgIpc) is 2.88. The molecule has 2 N–H and O–H groups in total. The molecule has 0 aliphatic carbocycles. The van der Waals surface area contributed by atoms with Crippen molar-refractivity contribution in [1.82, 2.24) is 9.88 Å². The Kier molecular flexibility index (Phi) is 6.75.